The van der Waals surface area contributed by atoms with E-state index in [0.29, 0.717) is 6.61 Å². The van der Waals surface area contributed by atoms with Crippen molar-refractivity contribution in [3.63, 3.8) is 0 Å². The fraction of sp³-hybridized carbons (Fsp3) is 1.00. The minimum absolute atomic E-state index is 0. The molecule has 0 spiro atoms. The van der Waals surface area contributed by atoms with Crippen molar-refractivity contribution in [1.82, 2.24) is 0 Å². The van der Waals surface area contributed by atoms with Gasteiger partial charge in [-0.05, 0) is 6.42 Å². The zero-order valence-corrected chi connectivity index (χ0v) is 10.2. The third kappa shape index (κ3) is 41.9. The Bertz CT molecular complexity index is 23.3. The minimum atomic E-state index is 0. The first-order valence-electron chi connectivity index (χ1n) is 2.02. The standard InChI is InChI=1S/C4H10O.3ClH.Zr/c1-2-3-4-5;;;;/h5H,2-4H2,1H3;3*1H;. The Kier molecular flexibility index (Phi) is 114. The largest absolute Gasteiger partial charge is 0.396 e. The van der Waals surface area contributed by atoms with Crippen LogP contribution < -0.4 is 0 Å². The van der Waals surface area contributed by atoms with Crippen LogP contribution in [0, 0.1) is 0 Å². The zero-order valence-electron chi connectivity index (χ0n) is 5.29. The van der Waals surface area contributed by atoms with E-state index >= 15 is 0 Å². The van der Waals surface area contributed by atoms with Crippen LogP contribution in [0.5, 0.6) is 0 Å². The van der Waals surface area contributed by atoms with E-state index in [1.165, 1.54) is 0 Å². The number of aliphatic hydroxyl groups is 1. The van der Waals surface area contributed by atoms with E-state index in [4.69, 9.17) is 5.11 Å². The molecule has 0 rings (SSSR count). The quantitative estimate of drug-likeness (QED) is 0.817. The van der Waals surface area contributed by atoms with Gasteiger partial charge in [-0.15, -0.1) is 37.2 Å². The van der Waals surface area contributed by atoms with E-state index in [1.54, 1.807) is 0 Å². The molecule has 0 aliphatic rings. The van der Waals surface area contributed by atoms with Gasteiger partial charge in [0.25, 0.3) is 0 Å². The molecule has 1 nitrogen and oxygen atoms in total. The van der Waals surface area contributed by atoms with Gasteiger partial charge in [0.2, 0.25) is 0 Å². The van der Waals surface area contributed by atoms with Crippen molar-refractivity contribution < 1.29 is 31.3 Å². The number of rotatable bonds is 2. The Balaban J connectivity index is -0.0000000133. The van der Waals surface area contributed by atoms with E-state index < -0.39 is 0 Å². The molecule has 0 amide bonds. The van der Waals surface area contributed by atoms with Gasteiger partial charge >= 0.3 is 0 Å². The molecule has 1 N–H and O–H groups in total. The van der Waals surface area contributed by atoms with Gasteiger partial charge in [-0.25, -0.2) is 0 Å². The van der Waals surface area contributed by atoms with Crippen LogP contribution in [0.4, 0.5) is 0 Å². The average Bonchev–Trinajstić information content (AvgIpc) is 1.41. The third-order valence-electron chi connectivity index (χ3n) is 0.512. The molecular formula is C4H13Cl3OZr. The fourth-order valence-corrected chi connectivity index (χ4v) is 0.158. The molecule has 0 aromatic heterocycles. The maximum absolute atomic E-state index is 8.07. The topological polar surface area (TPSA) is 20.2 Å². The molecule has 0 saturated carbocycles. The van der Waals surface area contributed by atoms with Gasteiger partial charge in [-0.1, -0.05) is 13.3 Å². The molecule has 5 heteroatoms. The number of hydrogen-bond acceptors (Lipinski definition) is 1. The molecule has 60 valence electrons. The summed E-state index contributed by atoms with van der Waals surface area (Å²) >= 11 is 0. The first-order chi connectivity index (χ1) is 2.41. The molecule has 0 aliphatic carbocycles. The first kappa shape index (κ1) is 31.0. The number of hydrogen-bond donors (Lipinski definition) is 1. The summed E-state index contributed by atoms with van der Waals surface area (Å²) in [5.41, 5.74) is 0. The van der Waals surface area contributed by atoms with Crippen LogP contribution in [0.25, 0.3) is 0 Å². The maximum atomic E-state index is 8.07. The zero-order chi connectivity index (χ0) is 4.12. The average molecular weight is 275 g/mol. The third-order valence-corrected chi connectivity index (χ3v) is 0.512. The molecule has 0 heterocycles. The summed E-state index contributed by atoms with van der Waals surface area (Å²) in [6.07, 6.45) is 2.04. The van der Waals surface area contributed by atoms with Gasteiger partial charge < -0.3 is 5.11 Å². The second-order valence-electron chi connectivity index (χ2n) is 1.08. The Morgan fingerprint density at radius 1 is 1.11 bits per heavy atom. The molecule has 0 unspecified atom stereocenters. The van der Waals surface area contributed by atoms with Crippen molar-refractivity contribution >= 4 is 37.2 Å². The summed E-state index contributed by atoms with van der Waals surface area (Å²) in [5, 5.41) is 8.07. The molecule has 0 aromatic carbocycles. The van der Waals surface area contributed by atoms with Gasteiger partial charge in [0.1, 0.15) is 0 Å². The van der Waals surface area contributed by atoms with E-state index in [-0.39, 0.29) is 63.4 Å². The van der Waals surface area contributed by atoms with Crippen molar-refractivity contribution in [3.05, 3.63) is 0 Å². The van der Waals surface area contributed by atoms with Crippen molar-refractivity contribution in [1.29, 1.82) is 0 Å². The summed E-state index contributed by atoms with van der Waals surface area (Å²) in [7, 11) is 0. The van der Waals surface area contributed by atoms with Gasteiger partial charge in [-0.3, -0.25) is 0 Å². The molecular weight excluding hydrogens is 262 g/mol. The van der Waals surface area contributed by atoms with Crippen LogP contribution in [-0.2, 0) is 26.2 Å². The number of unbranched alkanes of at least 4 members (excludes halogenated alkanes) is 1. The van der Waals surface area contributed by atoms with Crippen LogP contribution >= 0.6 is 37.2 Å². The van der Waals surface area contributed by atoms with Crippen molar-refractivity contribution in [2.75, 3.05) is 6.61 Å². The molecule has 0 saturated heterocycles. The minimum Gasteiger partial charge on any atom is -0.396 e. The molecule has 0 aromatic rings. The van der Waals surface area contributed by atoms with Gasteiger partial charge in [-0.2, -0.15) is 0 Å². The Hall–Kier alpha value is 1.71. The predicted octanol–water partition coefficient (Wildman–Crippen LogP) is 2.04. The van der Waals surface area contributed by atoms with E-state index in [1.807, 2.05) is 0 Å². The first-order valence-corrected chi connectivity index (χ1v) is 2.02. The maximum Gasteiger partial charge on any atom is 0.0430 e. The monoisotopic (exact) mass is 272 g/mol. The molecule has 0 fully saturated rings. The van der Waals surface area contributed by atoms with Gasteiger partial charge in [0, 0.05) is 32.8 Å². The van der Waals surface area contributed by atoms with E-state index in [2.05, 4.69) is 6.92 Å². The van der Waals surface area contributed by atoms with Crippen LogP contribution in [-0.4, -0.2) is 11.7 Å². The summed E-state index contributed by atoms with van der Waals surface area (Å²) in [4.78, 5) is 0. The smallest absolute Gasteiger partial charge is 0.0430 e. The van der Waals surface area contributed by atoms with Crippen LogP contribution in [0.3, 0.4) is 0 Å². The molecule has 0 aliphatic heterocycles. The van der Waals surface area contributed by atoms with Gasteiger partial charge in [0.05, 0.1) is 0 Å². The summed E-state index contributed by atoms with van der Waals surface area (Å²) < 4.78 is 0. The van der Waals surface area contributed by atoms with Gasteiger partial charge in [0.15, 0.2) is 0 Å². The Labute approximate surface area is 94.3 Å². The fourth-order valence-electron chi connectivity index (χ4n) is 0.158. The van der Waals surface area contributed by atoms with Crippen molar-refractivity contribution in [2.24, 2.45) is 0 Å². The summed E-state index contributed by atoms with van der Waals surface area (Å²) in [5.74, 6) is 0. The summed E-state index contributed by atoms with van der Waals surface area (Å²) in [6.45, 7) is 2.40. The van der Waals surface area contributed by atoms with Crippen LogP contribution in [0.1, 0.15) is 19.8 Å². The molecule has 0 bridgehead atoms. The number of aliphatic hydroxyl groups excluding tert-OH is 1. The predicted molar refractivity (Wildman–Crippen MR) is 43.7 cm³/mol. The van der Waals surface area contributed by atoms with Crippen molar-refractivity contribution in [3.8, 4) is 0 Å². The van der Waals surface area contributed by atoms with E-state index in [9.17, 15) is 0 Å². The van der Waals surface area contributed by atoms with Crippen molar-refractivity contribution in [2.45, 2.75) is 19.8 Å². The van der Waals surface area contributed by atoms with Crippen LogP contribution in [0.2, 0.25) is 0 Å². The number of halogens is 3. The van der Waals surface area contributed by atoms with Crippen LogP contribution in [0.15, 0.2) is 0 Å². The second kappa shape index (κ2) is 33.2. The second-order valence-corrected chi connectivity index (χ2v) is 1.08. The Morgan fingerprint density at radius 3 is 1.44 bits per heavy atom. The molecule has 0 atom stereocenters. The van der Waals surface area contributed by atoms with E-state index in [0.717, 1.165) is 12.8 Å². The Morgan fingerprint density at radius 2 is 1.44 bits per heavy atom. The normalized spacial score (nSPS) is 4.67. The molecule has 9 heavy (non-hydrogen) atoms. The SMILES string of the molecule is CCCCO.Cl.Cl.Cl.[Zr]. The molecule has 0 radical (unpaired) electrons. The summed E-state index contributed by atoms with van der Waals surface area (Å²) in [6, 6.07) is 0.